The second kappa shape index (κ2) is 7.55. The summed E-state index contributed by atoms with van der Waals surface area (Å²) in [5, 5.41) is 3.97. The van der Waals surface area contributed by atoms with E-state index in [0.717, 1.165) is 32.5 Å². The minimum absolute atomic E-state index is 0.0857. The normalized spacial score (nSPS) is 17.4. The molecule has 1 unspecified atom stereocenters. The molecule has 0 aliphatic carbocycles. The van der Waals surface area contributed by atoms with Crippen LogP contribution in [0.3, 0.4) is 0 Å². The van der Waals surface area contributed by atoms with Gasteiger partial charge in [0.1, 0.15) is 23.7 Å². The van der Waals surface area contributed by atoms with Crippen molar-refractivity contribution in [1.82, 2.24) is 19.1 Å². The van der Waals surface area contributed by atoms with Crippen LogP contribution in [0.2, 0.25) is 0 Å². The van der Waals surface area contributed by atoms with Gasteiger partial charge in [-0.25, -0.2) is 23.5 Å². The monoisotopic (exact) mass is 484 g/mol. The molecule has 4 aromatic rings. The van der Waals surface area contributed by atoms with E-state index in [0.29, 0.717) is 17.0 Å². The number of hydrogen-bond acceptors (Lipinski definition) is 6. The van der Waals surface area contributed by atoms with E-state index >= 15 is 0 Å². The molecule has 0 N–H and O–H groups in total. The predicted molar refractivity (Wildman–Crippen MR) is 132 cm³/mol. The van der Waals surface area contributed by atoms with E-state index in [2.05, 4.69) is 5.16 Å². The van der Waals surface area contributed by atoms with Crippen molar-refractivity contribution in [3.63, 3.8) is 0 Å². The van der Waals surface area contributed by atoms with Gasteiger partial charge in [-0.15, -0.1) is 0 Å². The van der Waals surface area contributed by atoms with E-state index in [4.69, 9.17) is 9.26 Å². The van der Waals surface area contributed by atoms with Gasteiger partial charge < -0.3 is 9.26 Å². The number of ether oxygens (including phenoxy) is 1. The maximum absolute atomic E-state index is 13.8. The van der Waals surface area contributed by atoms with Gasteiger partial charge in [0, 0.05) is 16.7 Å². The molecule has 2 aromatic heterocycles. The van der Waals surface area contributed by atoms with Gasteiger partial charge in [-0.2, -0.15) is 0 Å². The number of hydrogen-bond donors (Lipinski definition) is 0. The Bertz CT molecular complexity index is 1690. The van der Waals surface area contributed by atoms with E-state index in [9.17, 15) is 14.4 Å². The van der Waals surface area contributed by atoms with Crippen molar-refractivity contribution in [3.8, 4) is 22.6 Å². The number of benzene rings is 2. The quantitative estimate of drug-likeness (QED) is 0.325. The fourth-order valence-electron chi connectivity index (χ4n) is 5.20. The first-order valence-electron chi connectivity index (χ1n) is 11.7. The number of allylic oxidation sites excluding steroid dienone is 1. The maximum Gasteiger partial charge on any atom is 0.352 e. The van der Waals surface area contributed by atoms with E-state index in [1.54, 1.807) is 30.5 Å². The molecule has 6 rings (SSSR count). The van der Waals surface area contributed by atoms with Crippen LogP contribution in [0.5, 0.6) is 5.75 Å². The summed E-state index contributed by atoms with van der Waals surface area (Å²) in [5.41, 5.74) is 3.55. The van der Waals surface area contributed by atoms with Gasteiger partial charge in [0.2, 0.25) is 0 Å². The Balaban J connectivity index is 1.54. The summed E-state index contributed by atoms with van der Waals surface area (Å²) in [5.74, 6) is 0.545. The first-order valence-corrected chi connectivity index (χ1v) is 11.7. The van der Waals surface area contributed by atoms with E-state index < -0.39 is 23.0 Å². The number of Topliss-reactive ketones (excluding diaryl/α,β-unsaturated/α-hetero) is 1. The Morgan fingerprint density at radius 3 is 2.50 bits per heavy atom. The number of fused-ring (bicyclic) bond motifs is 5. The van der Waals surface area contributed by atoms with Crippen LogP contribution >= 0.6 is 0 Å². The highest BCUT2D eigenvalue weighted by Gasteiger charge is 2.44. The van der Waals surface area contributed by atoms with Crippen LogP contribution in [-0.4, -0.2) is 30.5 Å². The molecule has 0 spiro atoms. The standard InChI is InChI=1S/C27H24N4O5/c1-15-21(14-35-28-15)18-7-10-20-23(13-18)36-27(3,4)22-11-12-29-25(33)30(26(34)31(29)24(20)22)19-8-5-17(6-9-19)16(2)32/h5-11,13-14,24H,12H2,1-4H3. The minimum Gasteiger partial charge on any atom is -0.483 e. The highest BCUT2D eigenvalue weighted by Crippen LogP contribution is 2.47. The Hall–Kier alpha value is -4.40. The Morgan fingerprint density at radius 2 is 1.83 bits per heavy atom. The van der Waals surface area contributed by atoms with Gasteiger partial charge in [-0.1, -0.05) is 23.4 Å². The molecule has 4 heterocycles. The smallest absolute Gasteiger partial charge is 0.352 e. The SMILES string of the molecule is CC(=O)c1ccc(-n2c(=O)n3n(c2=O)C2C(=CC3)C(C)(C)Oc3cc(-c4conc4C)ccc32)cc1. The summed E-state index contributed by atoms with van der Waals surface area (Å²) in [6.07, 6.45) is 3.56. The zero-order valence-electron chi connectivity index (χ0n) is 20.3. The highest BCUT2D eigenvalue weighted by molar-refractivity contribution is 5.94. The Labute approximate surface area is 205 Å². The topological polar surface area (TPSA) is 101 Å². The number of aromatic nitrogens is 4. The lowest BCUT2D eigenvalue weighted by Gasteiger charge is -2.42. The number of rotatable bonds is 3. The molecule has 0 saturated heterocycles. The fraction of sp³-hybridized carbons (Fsp3) is 0.259. The molecule has 0 radical (unpaired) electrons. The second-order valence-electron chi connectivity index (χ2n) is 9.67. The van der Waals surface area contributed by atoms with Gasteiger partial charge in [0.15, 0.2) is 5.78 Å². The maximum atomic E-state index is 13.8. The first kappa shape index (κ1) is 22.1. The van der Waals surface area contributed by atoms with Crippen LogP contribution in [-0.2, 0) is 6.54 Å². The highest BCUT2D eigenvalue weighted by atomic mass is 16.5. The first-order chi connectivity index (χ1) is 17.2. The molecule has 0 fully saturated rings. The van der Waals surface area contributed by atoms with Crippen molar-refractivity contribution in [2.75, 3.05) is 0 Å². The van der Waals surface area contributed by atoms with Crippen LogP contribution in [0.15, 0.2) is 74.5 Å². The van der Waals surface area contributed by atoms with Crippen molar-refractivity contribution in [2.45, 2.75) is 45.9 Å². The van der Waals surface area contributed by atoms with Crippen LogP contribution in [0, 0.1) is 6.92 Å². The average Bonchev–Trinajstić information content (AvgIpc) is 3.38. The summed E-state index contributed by atoms with van der Waals surface area (Å²) in [6, 6.07) is 11.8. The van der Waals surface area contributed by atoms with Crippen LogP contribution < -0.4 is 16.1 Å². The van der Waals surface area contributed by atoms with Gasteiger partial charge in [0.05, 0.1) is 17.9 Å². The van der Waals surface area contributed by atoms with Crippen LogP contribution in [0.1, 0.15) is 48.4 Å². The molecule has 9 heteroatoms. The lowest BCUT2D eigenvalue weighted by Crippen LogP contribution is -2.46. The van der Waals surface area contributed by atoms with Gasteiger partial charge in [0.25, 0.3) is 0 Å². The van der Waals surface area contributed by atoms with E-state index in [1.165, 1.54) is 16.3 Å². The lowest BCUT2D eigenvalue weighted by molar-refractivity contribution is 0.101. The zero-order valence-corrected chi connectivity index (χ0v) is 20.3. The molecular weight excluding hydrogens is 460 g/mol. The molecule has 1 atom stereocenters. The molecule has 2 aromatic carbocycles. The molecule has 0 saturated carbocycles. The summed E-state index contributed by atoms with van der Waals surface area (Å²) in [6.45, 7) is 7.51. The van der Waals surface area contributed by atoms with Crippen molar-refractivity contribution in [1.29, 1.82) is 0 Å². The van der Waals surface area contributed by atoms with Crippen molar-refractivity contribution in [2.24, 2.45) is 0 Å². The molecule has 2 aliphatic heterocycles. The second-order valence-corrected chi connectivity index (χ2v) is 9.67. The van der Waals surface area contributed by atoms with Gasteiger partial charge in [-0.3, -0.25) is 4.79 Å². The third-order valence-corrected chi connectivity index (χ3v) is 7.04. The van der Waals surface area contributed by atoms with Gasteiger partial charge in [-0.05, 0) is 69.2 Å². The minimum atomic E-state index is -0.702. The molecular formula is C27H24N4O5. The van der Waals surface area contributed by atoms with Crippen LogP contribution in [0.4, 0.5) is 0 Å². The largest absolute Gasteiger partial charge is 0.483 e. The third kappa shape index (κ3) is 3.08. The molecule has 0 amide bonds. The lowest BCUT2D eigenvalue weighted by atomic mass is 9.82. The number of aryl methyl sites for hydroxylation is 1. The molecule has 0 bridgehead atoms. The van der Waals surface area contributed by atoms with E-state index in [-0.39, 0.29) is 12.3 Å². The summed E-state index contributed by atoms with van der Waals surface area (Å²) in [7, 11) is 0. The summed E-state index contributed by atoms with van der Waals surface area (Å²) in [4.78, 5) is 38.9. The predicted octanol–water partition coefficient (Wildman–Crippen LogP) is 3.67. The number of nitrogens with zero attached hydrogens (tertiary/aromatic N) is 4. The third-order valence-electron chi connectivity index (χ3n) is 7.04. The molecule has 2 aliphatic rings. The number of ketones is 1. The number of carbonyl (C=O) groups excluding carboxylic acids is 1. The average molecular weight is 485 g/mol. The molecule has 9 nitrogen and oxygen atoms in total. The Kier molecular flexibility index (Phi) is 4.63. The fourth-order valence-corrected chi connectivity index (χ4v) is 5.20. The van der Waals surface area contributed by atoms with Crippen LogP contribution in [0.25, 0.3) is 16.8 Å². The zero-order chi connectivity index (χ0) is 25.4. The van der Waals surface area contributed by atoms with Crippen molar-refractivity contribution < 1.29 is 14.1 Å². The van der Waals surface area contributed by atoms with Gasteiger partial charge >= 0.3 is 11.4 Å². The number of carbonyl (C=O) groups is 1. The molecule has 36 heavy (non-hydrogen) atoms. The van der Waals surface area contributed by atoms with Crippen molar-refractivity contribution >= 4 is 5.78 Å². The Morgan fingerprint density at radius 1 is 1.08 bits per heavy atom. The summed E-state index contributed by atoms with van der Waals surface area (Å²) >= 11 is 0. The van der Waals surface area contributed by atoms with Crippen molar-refractivity contribution in [3.05, 3.63) is 98.2 Å². The summed E-state index contributed by atoms with van der Waals surface area (Å²) < 4.78 is 15.7. The van der Waals surface area contributed by atoms with E-state index in [1.807, 2.05) is 45.0 Å². The molecule has 182 valence electrons.